The second kappa shape index (κ2) is 8.88. The molecule has 2 heterocycles. The van der Waals surface area contributed by atoms with Gasteiger partial charge in [0.2, 0.25) is 6.79 Å². The number of nitrogens with zero attached hydrogens (tertiary/aromatic N) is 2. The van der Waals surface area contributed by atoms with Gasteiger partial charge in [-0.3, -0.25) is 9.59 Å². The second-order valence-corrected chi connectivity index (χ2v) is 8.09. The number of esters is 1. The van der Waals surface area contributed by atoms with Crippen molar-refractivity contribution < 1.29 is 28.6 Å². The number of ether oxygens (including phenoxy) is 3. The highest BCUT2D eigenvalue weighted by atomic mass is 32.2. The fourth-order valence-electron chi connectivity index (χ4n) is 3.28. The number of fused-ring (bicyclic) bond motifs is 1. The van der Waals surface area contributed by atoms with E-state index in [2.05, 4.69) is 10.3 Å². The van der Waals surface area contributed by atoms with E-state index in [1.54, 1.807) is 12.3 Å². The van der Waals surface area contributed by atoms with Crippen LogP contribution in [0.25, 0.3) is 0 Å². The Morgan fingerprint density at radius 2 is 1.94 bits per heavy atom. The lowest BCUT2D eigenvalue weighted by molar-refractivity contribution is -0.119. The number of hydrogen-bond acceptors (Lipinski definition) is 9. The molecule has 1 aromatic heterocycles. The lowest BCUT2D eigenvalue weighted by atomic mass is 10.1. The zero-order valence-electron chi connectivity index (χ0n) is 17.4. The van der Waals surface area contributed by atoms with Crippen LogP contribution >= 0.6 is 11.8 Å². The number of Topliss-reactive ketones (excluding diaryl/α,β-unsaturated/α-hetero) is 1. The van der Waals surface area contributed by atoms with E-state index in [0.29, 0.717) is 16.5 Å². The average molecular weight is 453 g/mol. The number of carbonyl (C=O) groups is 3. The second-order valence-electron chi connectivity index (χ2n) is 7.30. The number of amides is 1. The summed E-state index contributed by atoms with van der Waals surface area (Å²) in [5.41, 5.74) is 1.44. The van der Waals surface area contributed by atoms with Crippen LogP contribution < -0.4 is 14.8 Å². The molecule has 0 unspecified atom stereocenters. The van der Waals surface area contributed by atoms with Gasteiger partial charge in [-0.1, -0.05) is 0 Å². The summed E-state index contributed by atoms with van der Waals surface area (Å²) >= 11 is 1.28. The molecule has 0 atom stereocenters. The van der Waals surface area contributed by atoms with Crippen LogP contribution in [0, 0.1) is 11.3 Å². The first-order valence-corrected chi connectivity index (χ1v) is 11.0. The van der Waals surface area contributed by atoms with E-state index in [9.17, 15) is 19.6 Å². The third kappa shape index (κ3) is 4.38. The molecule has 1 aliphatic heterocycles. The minimum atomic E-state index is -0.784. The van der Waals surface area contributed by atoms with Crippen LogP contribution in [0.1, 0.15) is 57.7 Å². The third-order valence-electron chi connectivity index (χ3n) is 5.03. The maximum Gasteiger partial charge on any atom is 0.340 e. The van der Waals surface area contributed by atoms with E-state index in [1.165, 1.54) is 30.8 Å². The SMILES string of the molecule is CSc1nc(C2CC2)cc(C(=O)OCC(=O)Nc2cc3c(cc2C(C)=O)OCO3)c1C#N. The number of nitriles is 1. The van der Waals surface area contributed by atoms with Gasteiger partial charge >= 0.3 is 5.97 Å². The predicted octanol–water partition coefficient (Wildman–Crippen LogP) is 3.28. The van der Waals surface area contributed by atoms with E-state index in [-0.39, 0.29) is 40.9 Å². The maximum atomic E-state index is 12.7. The molecule has 0 bridgehead atoms. The summed E-state index contributed by atoms with van der Waals surface area (Å²) in [6.45, 7) is 0.793. The van der Waals surface area contributed by atoms with Gasteiger partial charge in [-0.25, -0.2) is 9.78 Å². The zero-order chi connectivity index (χ0) is 22.8. The molecule has 1 amide bonds. The Morgan fingerprint density at radius 3 is 2.56 bits per heavy atom. The highest BCUT2D eigenvalue weighted by Gasteiger charge is 2.29. The highest BCUT2D eigenvalue weighted by Crippen LogP contribution is 2.41. The lowest BCUT2D eigenvalue weighted by Gasteiger charge is -2.12. The number of anilines is 1. The number of ketones is 1. The van der Waals surface area contributed by atoms with Crippen LogP contribution in [-0.4, -0.2) is 42.3 Å². The molecular weight excluding hydrogens is 434 g/mol. The van der Waals surface area contributed by atoms with Gasteiger partial charge in [0.1, 0.15) is 11.1 Å². The largest absolute Gasteiger partial charge is 0.454 e. The number of carbonyl (C=O) groups excluding carboxylic acids is 3. The van der Waals surface area contributed by atoms with Gasteiger partial charge in [0.05, 0.1) is 16.8 Å². The first kappa shape index (κ1) is 21.6. The van der Waals surface area contributed by atoms with Crippen molar-refractivity contribution in [2.75, 3.05) is 25.0 Å². The van der Waals surface area contributed by atoms with E-state index < -0.39 is 18.5 Å². The minimum absolute atomic E-state index is 0.0235. The van der Waals surface area contributed by atoms with Crippen molar-refractivity contribution in [3.05, 3.63) is 40.6 Å². The van der Waals surface area contributed by atoms with Crippen molar-refractivity contribution in [2.24, 2.45) is 0 Å². The van der Waals surface area contributed by atoms with E-state index in [1.807, 2.05) is 6.07 Å². The Bertz CT molecular complexity index is 1170. The number of thioether (sulfide) groups is 1. The predicted molar refractivity (Wildman–Crippen MR) is 114 cm³/mol. The Balaban J connectivity index is 1.49. The molecule has 2 aromatic rings. The fraction of sp³-hybridized carbons (Fsp3) is 0.318. The van der Waals surface area contributed by atoms with Crippen molar-refractivity contribution in [3.8, 4) is 17.6 Å². The molecule has 1 aliphatic carbocycles. The van der Waals surface area contributed by atoms with Crippen LogP contribution in [0.4, 0.5) is 5.69 Å². The molecule has 10 heteroatoms. The molecule has 32 heavy (non-hydrogen) atoms. The quantitative estimate of drug-likeness (QED) is 0.381. The minimum Gasteiger partial charge on any atom is -0.454 e. The van der Waals surface area contributed by atoms with Gasteiger partial charge < -0.3 is 19.5 Å². The molecule has 164 valence electrons. The number of pyridine rings is 1. The number of rotatable bonds is 7. The number of benzene rings is 1. The first-order valence-electron chi connectivity index (χ1n) is 9.81. The van der Waals surface area contributed by atoms with E-state index in [0.717, 1.165) is 18.5 Å². The molecule has 1 N–H and O–H groups in total. The van der Waals surface area contributed by atoms with Crippen LogP contribution in [-0.2, 0) is 9.53 Å². The third-order valence-corrected chi connectivity index (χ3v) is 5.71. The molecule has 2 aliphatic rings. The van der Waals surface area contributed by atoms with E-state index >= 15 is 0 Å². The van der Waals surface area contributed by atoms with Gasteiger partial charge in [0, 0.05) is 23.2 Å². The van der Waals surface area contributed by atoms with Crippen molar-refractivity contribution in [1.82, 2.24) is 4.98 Å². The molecule has 0 spiro atoms. The highest BCUT2D eigenvalue weighted by molar-refractivity contribution is 7.98. The molecule has 1 fully saturated rings. The molecule has 4 rings (SSSR count). The van der Waals surface area contributed by atoms with Crippen LogP contribution in [0.3, 0.4) is 0 Å². The van der Waals surface area contributed by atoms with Gasteiger partial charge in [-0.2, -0.15) is 5.26 Å². The number of aromatic nitrogens is 1. The Morgan fingerprint density at radius 1 is 1.22 bits per heavy atom. The van der Waals surface area contributed by atoms with Crippen LogP contribution in [0.15, 0.2) is 23.2 Å². The molecule has 9 nitrogen and oxygen atoms in total. The molecular formula is C22H19N3O6S. The molecule has 0 saturated heterocycles. The maximum absolute atomic E-state index is 12.7. The summed E-state index contributed by atoms with van der Waals surface area (Å²) < 4.78 is 15.7. The lowest BCUT2D eigenvalue weighted by Crippen LogP contribution is -2.22. The normalized spacial score (nSPS) is 13.9. The summed E-state index contributed by atoms with van der Waals surface area (Å²) in [5, 5.41) is 12.5. The monoisotopic (exact) mass is 453 g/mol. The van der Waals surface area contributed by atoms with Crippen molar-refractivity contribution in [3.63, 3.8) is 0 Å². The van der Waals surface area contributed by atoms with Gasteiger partial charge in [0.15, 0.2) is 23.9 Å². The standard InChI is InChI=1S/C22H19N3O6S/c1-11(26)13-6-18-19(31-10-30-18)7-17(13)24-20(27)9-29-22(28)14-5-16(12-3-4-12)25-21(32-2)15(14)8-23/h5-7,12H,3-4,9-10H2,1-2H3,(H,24,27). The van der Waals surface area contributed by atoms with Crippen LogP contribution in [0.2, 0.25) is 0 Å². The average Bonchev–Trinajstić information content (AvgIpc) is 3.53. The number of hydrogen-bond donors (Lipinski definition) is 1. The Hall–Kier alpha value is -3.58. The molecule has 1 aromatic carbocycles. The van der Waals surface area contributed by atoms with Crippen molar-refractivity contribution in [1.29, 1.82) is 5.26 Å². The van der Waals surface area contributed by atoms with Crippen LogP contribution in [0.5, 0.6) is 11.5 Å². The summed E-state index contributed by atoms with van der Waals surface area (Å²) in [6.07, 6.45) is 3.75. The fourth-order valence-corrected chi connectivity index (χ4v) is 3.83. The van der Waals surface area contributed by atoms with Gasteiger partial charge in [0.25, 0.3) is 5.91 Å². The van der Waals surface area contributed by atoms with Crippen molar-refractivity contribution >= 4 is 35.1 Å². The zero-order valence-corrected chi connectivity index (χ0v) is 18.2. The number of nitrogens with one attached hydrogen (secondary N) is 1. The Labute approximate surface area is 188 Å². The topological polar surface area (TPSA) is 128 Å². The summed E-state index contributed by atoms with van der Waals surface area (Å²) in [7, 11) is 0. The van der Waals surface area contributed by atoms with E-state index in [4.69, 9.17) is 14.2 Å². The van der Waals surface area contributed by atoms with Gasteiger partial charge in [-0.05, 0) is 38.2 Å². The molecule has 0 radical (unpaired) electrons. The summed E-state index contributed by atoms with van der Waals surface area (Å²) in [5.74, 6) is -0.608. The first-order chi connectivity index (χ1) is 15.4. The van der Waals surface area contributed by atoms with Crippen molar-refractivity contribution in [2.45, 2.75) is 30.7 Å². The summed E-state index contributed by atoms with van der Waals surface area (Å²) in [4.78, 5) is 41.5. The van der Waals surface area contributed by atoms with Gasteiger partial charge in [-0.15, -0.1) is 11.8 Å². The Kier molecular flexibility index (Phi) is 6.01. The molecule has 1 saturated carbocycles. The smallest absolute Gasteiger partial charge is 0.340 e. The summed E-state index contributed by atoms with van der Waals surface area (Å²) in [6, 6.07) is 6.56.